The highest BCUT2D eigenvalue weighted by Crippen LogP contribution is 2.32. The van der Waals surface area contributed by atoms with Crippen molar-refractivity contribution in [1.82, 2.24) is 4.90 Å². The zero-order chi connectivity index (χ0) is 14.2. The lowest BCUT2D eigenvalue weighted by Crippen LogP contribution is -2.42. The molecule has 19 heavy (non-hydrogen) atoms. The smallest absolute Gasteiger partial charge is 0.410 e. The van der Waals surface area contributed by atoms with E-state index in [0.29, 0.717) is 6.54 Å². The fraction of sp³-hybridized carbons (Fsp3) is 0.533. The van der Waals surface area contributed by atoms with Crippen LogP contribution < -0.4 is 0 Å². The van der Waals surface area contributed by atoms with Crippen LogP contribution in [0.4, 0.5) is 4.79 Å². The molecular weight excluding hydrogens is 306 g/mol. The molecule has 0 radical (unpaired) electrons. The number of benzene rings is 1. The molecule has 0 aliphatic carbocycles. The van der Waals surface area contributed by atoms with E-state index in [4.69, 9.17) is 4.74 Å². The van der Waals surface area contributed by atoms with E-state index in [9.17, 15) is 4.79 Å². The van der Waals surface area contributed by atoms with Gasteiger partial charge < -0.3 is 9.64 Å². The van der Waals surface area contributed by atoms with Gasteiger partial charge in [-0.2, -0.15) is 0 Å². The van der Waals surface area contributed by atoms with E-state index in [2.05, 4.69) is 35.0 Å². The van der Waals surface area contributed by atoms with Crippen molar-refractivity contribution in [3.05, 3.63) is 33.8 Å². The van der Waals surface area contributed by atoms with Crippen molar-refractivity contribution in [2.24, 2.45) is 0 Å². The van der Waals surface area contributed by atoms with E-state index in [1.54, 1.807) is 0 Å². The summed E-state index contributed by atoms with van der Waals surface area (Å²) >= 11 is 3.49. The molecule has 1 amide bonds. The zero-order valence-electron chi connectivity index (χ0n) is 11.9. The minimum Gasteiger partial charge on any atom is -0.444 e. The number of carbonyl (C=O) groups excluding carboxylic acids is 1. The quantitative estimate of drug-likeness (QED) is 0.711. The summed E-state index contributed by atoms with van der Waals surface area (Å²) in [6, 6.07) is 6.30. The lowest BCUT2D eigenvalue weighted by molar-refractivity contribution is 0.0160. The molecule has 0 fully saturated rings. The number of nitrogens with zero attached hydrogens (tertiary/aromatic N) is 1. The summed E-state index contributed by atoms with van der Waals surface area (Å²) < 4.78 is 6.55. The van der Waals surface area contributed by atoms with Crippen molar-refractivity contribution in [2.75, 3.05) is 6.54 Å². The third kappa shape index (κ3) is 3.30. The summed E-state index contributed by atoms with van der Waals surface area (Å²) in [5.41, 5.74) is 2.07. The van der Waals surface area contributed by atoms with Crippen LogP contribution in [0.2, 0.25) is 0 Å². The first-order valence-electron chi connectivity index (χ1n) is 6.56. The number of fused-ring (bicyclic) bond motifs is 1. The highest BCUT2D eigenvalue weighted by molar-refractivity contribution is 9.10. The molecule has 0 aromatic heterocycles. The van der Waals surface area contributed by atoms with Gasteiger partial charge in [0.15, 0.2) is 0 Å². The second-order valence-electron chi connectivity index (χ2n) is 5.94. The Hall–Kier alpha value is -1.03. The van der Waals surface area contributed by atoms with Crippen molar-refractivity contribution in [1.29, 1.82) is 0 Å². The van der Waals surface area contributed by atoms with Gasteiger partial charge in [-0.15, -0.1) is 0 Å². The van der Waals surface area contributed by atoms with E-state index in [0.717, 1.165) is 10.9 Å². The van der Waals surface area contributed by atoms with Gasteiger partial charge in [0, 0.05) is 11.0 Å². The maximum absolute atomic E-state index is 12.2. The van der Waals surface area contributed by atoms with Crippen molar-refractivity contribution in [3.8, 4) is 0 Å². The molecule has 1 atom stereocenters. The minimum absolute atomic E-state index is 0.0618. The number of amides is 1. The van der Waals surface area contributed by atoms with Gasteiger partial charge in [-0.05, 0) is 57.4 Å². The summed E-state index contributed by atoms with van der Waals surface area (Å²) in [6.07, 6.45) is 0.645. The Morgan fingerprint density at radius 2 is 2.11 bits per heavy atom. The predicted octanol–water partition coefficient (Wildman–Crippen LogP) is 4.30. The molecule has 1 aromatic rings. The van der Waals surface area contributed by atoms with Crippen LogP contribution >= 0.6 is 15.9 Å². The predicted molar refractivity (Wildman–Crippen MR) is 79.2 cm³/mol. The van der Waals surface area contributed by atoms with E-state index >= 15 is 0 Å². The van der Waals surface area contributed by atoms with E-state index in [-0.39, 0.29) is 12.1 Å². The first-order chi connectivity index (χ1) is 8.78. The number of carbonyl (C=O) groups is 1. The molecule has 0 saturated carbocycles. The van der Waals surface area contributed by atoms with Gasteiger partial charge >= 0.3 is 6.09 Å². The van der Waals surface area contributed by atoms with Crippen LogP contribution in [0.5, 0.6) is 0 Å². The number of hydrogen-bond acceptors (Lipinski definition) is 2. The normalized spacial score (nSPS) is 19.0. The second-order valence-corrected chi connectivity index (χ2v) is 6.86. The summed E-state index contributed by atoms with van der Waals surface area (Å²) in [6.45, 7) is 8.44. The molecule has 0 bridgehead atoms. The number of hydrogen-bond donors (Lipinski definition) is 0. The van der Waals surface area contributed by atoms with Gasteiger partial charge in [0.1, 0.15) is 5.60 Å². The third-order valence-electron chi connectivity index (χ3n) is 3.27. The number of rotatable bonds is 0. The lowest BCUT2D eigenvalue weighted by atomic mass is 9.94. The maximum atomic E-state index is 12.2. The molecule has 0 N–H and O–H groups in total. The van der Waals surface area contributed by atoms with Gasteiger partial charge in [-0.25, -0.2) is 4.79 Å². The Morgan fingerprint density at radius 3 is 2.74 bits per heavy atom. The molecule has 1 heterocycles. The fourth-order valence-electron chi connectivity index (χ4n) is 2.37. The summed E-state index contributed by atoms with van der Waals surface area (Å²) in [7, 11) is 0. The Morgan fingerprint density at radius 1 is 1.42 bits per heavy atom. The molecule has 1 aromatic carbocycles. The molecular formula is C15H20BrNO2. The van der Waals surface area contributed by atoms with Gasteiger partial charge in [0.25, 0.3) is 0 Å². The second kappa shape index (κ2) is 5.16. The van der Waals surface area contributed by atoms with Crippen LogP contribution in [0.3, 0.4) is 0 Å². The van der Waals surface area contributed by atoms with Crippen LogP contribution in [0.25, 0.3) is 0 Å². The van der Waals surface area contributed by atoms with Crippen LogP contribution in [0, 0.1) is 0 Å². The van der Waals surface area contributed by atoms with Gasteiger partial charge in [-0.1, -0.05) is 22.0 Å². The molecule has 0 unspecified atom stereocenters. The summed E-state index contributed by atoms with van der Waals surface area (Å²) in [5, 5.41) is 0. The zero-order valence-corrected chi connectivity index (χ0v) is 13.5. The van der Waals surface area contributed by atoms with E-state index in [1.165, 1.54) is 11.1 Å². The minimum atomic E-state index is -0.448. The standard InChI is InChI=1S/C15H20BrNO2/c1-10-13-6-5-12(16)9-11(13)7-8-17(10)14(18)19-15(2,3)4/h5-6,9-10H,7-8H2,1-4H3/t10-/m1/s1. The molecule has 1 aliphatic rings. The fourth-order valence-corrected chi connectivity index (χ4v) is 2.78. The Kier molecular flexibility index (Phi) is 3.90. The third-order valence-corrected chi connectivity index (χ3v) is 3.77. The Bertz CT molecular complexity index is 493. The molecule has 1 aliphatic heterocycles. The largest absolute Gasteiger partial charge is 0.444 e. The first-order valence-corrected chi connectivity index (χ1v) is 7.35. The molecule has 2 rings (SSSR count). The topological polar surface area (TPSA) is 29.5 Å². The van der Waals surface area contributed by atoms with E-state index < -0.39 is 5.60 Å². The SMILES string of the molecule is C[C@@H]1c2ccc(Br)cc2CCN1C(=O)OC(C)(C)C. The monoisotopic (exact) mass is 325 g/mol. The van der Waals surface area contributed by atoms with Gasteiger partial charge in [-0.3, -0.25) is 0 Å². The van der Waals surface area contributed by atoms with Crippen LogP contribution in [-0.2, 0) is 11.2 Å². The average molecular weight is 326 g/mol. The Balaban J connectivity index is 2.19. The summed E-state index contributed by atoms with van der Waals surface area (Å²) in [4.78, 5) is 14.0. The molecule has 3 nitrogen and oxygen atoms in total. The summed E-state index contributed by atoms with van der Waals surface area (Å²) in [5.74, 6) is 0. The molecule has 104 valence electrons. The highest BCUT2D eigenvalue weighted by Gasteiger charge is 2.30. The molecule has 0 spiro atoms. The first kappa shape index (κ1) is 14.4. The van der Waals surface area contributed by atoms with Crippen LogP contribution in [0.15, 0.2) is 22.7 Å². The number of ether oxygens (including phenoxy) is 1. The van der Waals surface area contributed by atoms with Crippen LogP contribution in [-0.4, -0.2) is 23.1 Å². The molecule has 4 heteroatoms. The van der Waals surface area contributed by atoms with Crippen molar-refractivity contribution in [3.63, 3.8) is 0 Å². The average Bonchev–Trinajstić information content (AvgIpc) is 2.26. The van der Waals surface area contributed by atoms with Gasteiger partial charge in [0.05, 0.1) is 6.04 Å². The van der Waals surface area contributed by atoms with Gasteiger partial charge in [0.2, 0.25) is 0 Å². The van der Waals surface area contributed by atoms with Crippen molar-refractivity contribution >= 4 is 22.0 Å². The maximum Gasteiger partial charge on any atom is 0.410 e. The lowest BCUT2D eigenvalue weighted by Gasteiger charge is -2.36. The highest BCUT2D eigenvalue weighted by atomic mass is 79.9. The van der Waals surface area contributed by atoms with Crippen molar-refractivity contribution in [2.45, 2.75) is 45.8 Å². The van der Waals surface area contributed by atoms with Crippen molar-refractivity contribution < 1.29 is 9.53 Å². The van der Waals surface area contributed by atoms with E-state index in [1.807, 2.05) is 31.7 Å². The molecule has 0 saturated heterocycles. The van der Waals surface area contributed by atoms with Crippen LogP contribution in [0.1, 0.15) is 44.9 Å². The number of halogens is 1. The Labute approximate surface area is 123 Å².